The number of hydrogen-bond acceptors (Lipinski definition) is 6. The Morgan fingerprint density at radius 3 is 2.61 bits per heavy atom. The van der Waals surface area contributed by atoms with Crippen LogP contribution in [0.25, 0.3) is 0 Å². The van der Waals surface area contributed by atoms with Gasteiger partial charge >= 0.3 is 0 Å². The van der Waals surface area contributed by atoms with Gasteiger partial charge in [0.2, 0.25) is 11.8 Å². The number of nitrogens with one attached hydrogen (secondary N) is 2. The number of piperazine rings is 1. The molecule has 4 aliphatic rings. The highest BCUT2D eigenvalue weighted by molar-refractivity contribution is 6.00. The van der Waals surface area contributed by atoms with Crippen molar-refractivity contribution in [2.45, 2.75) is 32.0 Å². The molecule has 0 radical (unpaired) electrons. The van der Waals surface area contributed by atoms with Gasteiger partial charge in [0.1, 0.15) is 0 Å². The predicted octanol–water partition coefficient (Wildman–Crippen LogP) is 0.149. The molecule has 0 spiro atoms. The van der Waals surface area contributed by atoms with Gasteiger partial charge in [-0.25, -0.2) is 0 Å². The van der Waals surface area contributed by atoms with Gasteiger partial charge in [-0.2, -0.15) is 0 Å². The van der Waals surface area contributed by atoms with E-state index in [9.17, 15) is 9.59 Å². The molecule has 1 aromatic rings. The summed E-state index contributed by atoms with van der Waals surface area (Å²) in [5.41, 5.74) is 3.94. The Hall–Kier alpha value is -1.96. The van der Waals surface area contributed by atoms with Crippen LogP contribution in [0.5, 0.6) is 0 Å². The molecule has 1 atom stereocenters. The quantitative estimate of drug-likeness (QED) is 0.722. The lowest BCUT2D eigenvalue weighted by atomic mass is 9.97. The van der Waals surface area contributed by atoms with Gasteiger partial charge in [0.25, 0.3) is 0 Å². The summed E-state index contributed by atoms with van der Waals surface area (Å²) in [5.74, 6) is 0.488. The molecule has 3 fully saturated rings. The number of carbonyl (C=O) groups excluding carboxylic acids is 2. The van der Waals surface area contributed by atoms with Gasteiger partial charge in [-0.05, 0) is 29.7 Å². The van der Waals surface area contributed by atoms with Crippen LogP contribution in [0.2, 0.25) is 0 Å². The molecule has 7 heteroatoms. The first kappa shape index (κ1) is 18.1. The average molecular weight is 383 g/mol. The van der Waals surface area contributed by atoms with Crippen LogP contribution >= 0.6 is 0 Å². The van der Waals surface area contributed by atoms with E-state index in [1.165, 1.54) is 36.4 Å². The molecule has 1 unspecified atom stereocenters. The zero-order chi connectivity index (χ0) is 19.1. The highest BCUT2D eigenvalue weighted by Gasteiger charge is 2.35. The minimum Gasteiger partial charge on any atom is -0.371 e. The summed E-state index contributed by atoms with van der Waals surface area (Å²) < 4.78 is 0. The Morgan fingerprint density at radius 1 is 1.04 bits per heavy atom. The SMILES string of the molecule is O=C1CCC(N2Cc3ccc(N4CC(CN5CCNCC5)C4)cc3C2)C(=O)N1. The molecule has 4 aliphatic heterocycles. The minimum absolute atomic E-state index is 0.136. The molecule has 2 N–H and O–H groups in total. The van der Waals surface area contributed by atoms with Crippen molar-refractivity contribution in [3.8, 4) is 0 Å². The summed E-state index contributed by atoms with van der Waals surface area (Å²) in [6, 6.07) is 6.58. The number of carbonyl (C=O) groups is 2. The van der Waals surface area contributed by atoms with E-state index < -0.39 is 0 Å². The van der Waals surface area contributed by atoms with Crippen molar-refractivity contribution < 1.29 is 9.59 Å². The van der Waals surface area contributed by atoms with Gasteiger partial charge in [0.15, 0.2) is 0 Å². The van der Waals surface area contributed by atoms with Crippen LogP contribution < -0.4 is 15.5 Å². The molecule has 0 bridgehead atoms. The molecule has 4 heterocycles. The molecule has 0 aliphatic carbocycles. The van der Waals surface area contributed by atoms with Crippen LogP contribution in [-0.4, -0.2) is 73.5 Å². The third-order valence-corrected chi connectivity index (χ3v) is 6.64. The van der Waals surface area contributed by atoms with Gasteiger partial charge in [-0.15, -0.1) is 0 Å². The Kier molecular flexibility index (Phi) is 4.82. The van der Waals surface area contributed by atoms with Gasteiger partial charge in [0.05, 0.1) is 6.04 Å². The molecule has 28 heavy (non-hydrogen) atoms. The van der Waals surface area contributed by atoms with Crippen LogP contribution in [0.1, 0.15) is 24.0 Å². The third kappa shape index (κ3) is 3.54. The fourth-order valence-electron chi connectivity index (χ4n) is 5.01. The summed E-state index contributed by atoms with van der Waals surface area (Å²) in [7, 11) is 0. The van der Waals surface area contributed by atoms with E-state index >= 15 is 0 Å². The van der Waals surface area contributed by atoms with Crippen molar-refractivity contribution in [1.29, 1.82) is 0 Å². The molecule has 3 saturated heterocycles. The maximum Gasteiger partial charge on any atom is 0.243 e. The molecule has 7 nitrogen and oxygen atoms in total. The molecule has 0 aromatic heterocycles. The van der Waals surface area contributed by atoms with E-state index in [-0.39, 0.29) is 17.9 Å². The summed E-state index contributed by atoms with van der Waals surface area (Å²) in [6.07, 6.45) is 1.07. The molecular formula is C21H29N5O2. The third-order valence-electron chi connectivity index (χ3n) is 6.64. The van der Waals surface area contributed by atoms with Crippen molar-refractivity contribution in [2.24, 2.45) is 5.92 Å². The first-order valence-electron chi connectivity index (χ1n) is 10.5. The van der Waals surface area contributed by atoms with Gasteiger partial charge in [-0.1, -0.05) is 6.07 Å². The van der Waals surface area contributed by atoms with Crippen molar-refractivity contribution in [3.05, 3.63) is 29.3 Å². The largest absolute Gasteiger partial charge is 0.371 e. The molecular weight excluding hydrogens is 354 g/mol. The first-order chi connectivity index (χ1) is 13.7. The fourth-order valence-corrected chi connectivity index (χ4v) is 5.01. The van der Waals surface area contributed by atoms with Crippen LogP contribution in [0.15, 0.2) is 18.2 Å². The maximum absolute atomic E-state index is 12.2. The molecule has 5 rings (SSSR count). The normalized spacial score (nSPS) is 26.9. The van der Waals surface area contributed by atoms with E-state index in [0.29, 0.717) is 12.8 Å². The monoisotopic (exact) mass is 383 g/mol. The van der Waals surface area contributed by atoms with E-state index in [1.807, 2.05) is 0 Å². The Morgan fingerprint density at radius 2 is 1.82 bits per heavy atom. The smallest absolute Gasteiger partial charge is 0.243 e. The second-order valence-electron chi connectivity index (χ2n) is 8.65. The zero-order valence-electron chi connectivity index (χ0n) is 16.3. The highest BCUT2D eigenvalue weighted by atomic mass is 16.2. The van der Waals surface area contributed by atoms with Crippen molar-refractivity contribution in [2.75, 3.05) is 50.7 Å². The Balaban J connectivity index is 1.17. The fraction of sp³-hybridized carbons (Fsp3) is 0.619. The van der Waals surface area contributed by atoms with Crippen molar-refractivity contribution in [1.82, 2.24) is 20.4 Å². The minimum atomic E-state index is -0.180. The lowest BCUT2D eigenvalue weighted by molar-refractivity contribution is -0.137. The zero-order valence-corrected chi connectivity index (χ0v) is 16.3. The number of amides is 2. The Labute approximate surface area is 166 Å². The van der Waals surface area contributed by atoms with Crippen LogP contribution in [0.3, 0.4) is 0 Å². The standard InChI is InChI=1S/C21H29N5O2/c27-20-4-3-19(21(28)23-20)26-13-16-1-2-18(9-17(16)14-26)25-11-15(12-25)10-24-7-5-22-6-8-24/h1-2,9,15,19,22H,3-8,10-14H2,(H,23,27,28). The summed E-state index contributed by atoms with van der Waals surface area (Å²) in [4.78, 5) is 30.8. The number of fused-ring (bicyclic) bond motifs is 1. The van der Waals surface area contributed by atoms with E-state index in [1.54, 1.807) is 0 Å². The molecule has 2 amide bonds. The number of rotatable bonds is 4. The van der Waals surface area contributed by atoms with Crippen molar-refractivity contribution >= 4 is 17.5 Å². The first-order valence-corrected chi connectivity index (χ1v) is 10.5. The maximum atomic E-state index is 12.2. The number of nitrogens with zero attached hydrogens (tertiary/aromatic N) is 3. The average Bonchev–Trinajstić information content (AvgIpc) is 3.08. The lowest BCUT2D eigenvalue weighted by Gasteiger charge is -2.44. The number of anilines is 1. The topological polar surface area (TPSA) is 67.9 Å². The number of piperidine rings is 1. The highest BCUT2D eigenvalue weighted by Crippen LogP contribution is 2.32. The van der Waals surface area contributed by atoms with Crippen LogP contribution in [0, 0.1) is 5.92 Å². The Bertz CT molecular complexity index is 770. The van der Waals surface area contributed by atoms with Crippen LogP contribution in [-0.2, 0) is 22.7 Å². The predicted molar refractivity (Wildman–Crippen MR) is 107 cm³/mol. The van der Waals surface area contributed by atoms with Gasteiger partial charge < -0.3 is 15.1 Å². The second-order valence-corrected chi connectivity index (χ2v) is 8.65. The van der Waals surface area contributed by atoms with E-state index in [4.69, 9.17) is 0 Å². The molecule has 1 aromatic carbocycles. The van der Waals surface area contributed by atoms with Crippen LogP contribution in [0.4, 0.5) is 5.69 Å². The number of imide groups is 1. The van der Waals surface area contributed by atoms with Gasteiger partial charge in [0, 0.05) is 76.9 Å². The summed E-state index contributed by atoms with van der Waals surface area (Å²) in [6.45, 7) is 9.67. The van der Waals surface area contributed by atoms with Gasteiger partial charge in [-0.3, -0.25) is 19.8 Å². The summed E-state index contributed by atoms with van der Waals surface area (Å²) >= 11 is 0. The molecule has 0 saturated carbocycles. The van der Waals surface area contributed by atoms with E-state index in [2.05, 4.69) is 43.5 Å². The second kappa shape index (κ2) is 7.46. The molecule has 150 valence electrons. The van der Waals surface area contributed by atoms with Crippen molar-refractivity contribution in [3.63, 3.8) is 0 Å². The number of benzene rings is 1. The lowest BCUT2D eigenvalue weighted by Crippen LogP contribution is -2.54. The van der Waals surface area contributed by atoms with E-state index in [0.717, 1.165) is 45.2 Å². The number of hydrogen-bond donors (Lipinski definition) is 2. The summed E-state index contributed by atoms with van der Waals surface area (Å²) in [5, 5.41) is 5.90.